The molecule has 0 bridgehead atoms. The minimum atomic E-state index is -0.974. The number of ether oxygens (including phenoxy) is 1. The monoisotopic (exact) mass is 294 g/mol. The van der Waals surface area contributed by atoms with Crippen molar-refractivity contribution in [2.45, 2.75) is 26.0 Å². The van der Waals surface area contributed by atoms with Crippen LogP contribution in [0.2, 0.25) is 0 Å². The highest BCUT2D eigenvalue weighted by atomic mass is 19.1. The number of carboxylic acid groups (broad SMARTS) is 1. The quantitative estimate of drug-likeness (QED) is 0.863. The number of benzene rings is 1. The molecule has 1 N–H and O–H groups in total. The summed E-state index contributed by atoms with van der Waals surface area (Å²) >= 11 is 0. The maximum atomic E-state index is 13.6. The summed E-state index contributed by atoms with van der Waals surface area (Å²) in [6.45, 7) is 1.83. The molecule has 7 nitrogen and oxygen atoms in total. The molecule has 112 valence electrons. The fourth-order valence-corrected chi connectivity index (χ4v) is 1.88. The Kier molecular flexibility index (Phi) is 4.59. The van der Waals surface area contributed by atoms with Crippen LogP contribution in [0.1, 0.15) is 12.0 Å². The molecule has 1 atom stereocenters. The Morgan fingerprint density at radius 2 is 2.29 bits per heavy atom. The molecule has 0 aliphatic carbocycles. The zero-order valence-corrected chi connectivity index (χ0v) is 11.7. The van der Waals surface area contributed by atoms with E-state index < -0.39 is 12.1 Å². The van der Waals surface area contributed by atoms with Crippen molar-refractivity contribution in [2.24, 2.45) is 0 Å². The number of tetrazole rings is 1. The number of halogens is 1. The Labute approximate surface area is 120 Å². The van der Waals surface area contributed by atoms with Crippen LogP contribution in [0.3, 0.4) is 0 Å². The first kappa shape index (κ1) is 15.0. The van der Waals surface area contributed by atoms with Crippen molar-refractivity contribution in [1.29, 1.82) is 0 Å². The molecule has 0 saturated carbocycles. The highest BCUT2D eigenvalue weighted by molar-refractivity contribution is 5.67. The van der Waals surface area contributed by atoms with Crippen LogP contribution in [-0.2, 0) is 16.1 Å². The van der Waals surface area contributed by atoms with Crippen LogP contribution in [0.4, 0.5) is 4.39 Å². The second kappa shape index (κ2) is 6.40. The molecule has 0 amide bonds. The molecule has 21 heavy (non-hydrogen) atoms. The zero-order valence-electron chi connectivity index (χ0n) is 11.7. The van der Waals surface area contributed by atoms with Crippen molar-refractivity contribution in [2.75, 3.05) is 7.11 Å². The summed E-state index contributed by atoms with van der Waals surface area (Å²) in [4.78, 5) is 10.7. The predicted octanol–water partition coefficient (Wildman–Crippen LogP) is 1.28. The normalized spacial score (nSPS) is 12.3. The average Bonchev–Trinajstić information content (AvgIpc) is 2.88. The first-order valence-electron chi connectivity index (χ1n) is 6.28. The molecule has 1 unspecified atom stereocenters. The van der Waals surface area contributed by atoms with Gasteiger partial charge >= 0.3 is 5.97 Å². The second-order valence-electron chi connectivity index (χ2n) is 4.60. The van der Waals surface area contributed by atoms with Crippen LogP contribution in [0.25, 0.3) is 11.4 Å². The number of carboxylic acids is 1. The third kappa shape index (κ3) is 3.60. The third-order valence-corrected chi connectivity index (χ3v) is 3.07. The maximum absolute atomic E-state index is 13.6. The van der Waals surface area contributed by atoms with E-state index in [1.54, 1.807) is 19.1 Å². The van der Waals surface area contributed by atoms with Crippen LogP contribution >= 0.6 is 0 Å². The Morgan fingerprint density at radius 3 is 2.90 bits per heavy atom. The molecule has 1 heterocycles. The van der Waals surface area contributed by atoms with Gasteiger partial charge in [0.1, 0.15) is 5.82 Å². The van der Waals surface area contributed by atoms with Gasteiger partial charge in [-0.3, -0.25) is 4.79 Å². The first-order chi connectivity index (χ1) is 10.0. The minimum absolute atomic E-state index is 0.167. The van der Waals surface area contributed by atoms with E-state index in [0.717, 1.165) is 0 Å². The number of hydrogen-bond acceptors (Lipinski definition) is 5. The van der Waals surface area contributed by atoms with Crippen molar-refractivity contribution >= 4 is 5.97 Å². The van der Waals surface area contributed by atoms with Gasteiger partial charge in [-0.25, -0.2) is 9.07 Å². The fourth-order valence-electron chi connectivity index (χ4n) is 1.88. The largest absolute Gasteiger partial charge is 0.481 e. The van der Waals surface area contributed by atoms with Crippen molar-refractivity contribution in [1.82, 2.24) is 20.2 Å². The Hall–Kier alpha value is -2.35. The number of hydrogen-bond donors (Lipinski definition) is 1. The van der Waals surface area contributed by atoms with Gasteiger partial charge in [0.15, 0.2) is 5.82 Å². The van der Waals surface area contributed by atoms with E-state index in [0.29, 0.717) is 17.0 Å². The summed E-state index contributed by atoms with van der Waals surface area (Å²) in [6, 6.07) is 4.69. The number of methoxy groups -OCH3 is 1. The summed E-state index contributed by atoms with van der Waals surface area (Å²) in [7, 11) is 1.42. The molecule has 2 aromatic rings. The van der Waals surface area contributed by atoms with Crippen LogP contribution in [0, 0.1) is 12.7 Å². The zero-order chi connectivity index (χ0) is 15.4. The van der Waals surface area contributed by atoms with Crippen LogP contribution in [-0.4, -0.2) is 44.5 Å². The molecule has 2 rings (SSSR count). The van der Waals surface area contributed by atoms with Crippen molar-refractivity contribution in [3.05, 3.63) is 29.6 Å². The van der Waals surface area contributed by atoms with Crippen LogP contribution in [0.15, 0.2) is 18.2 Å². The molecule has 0 spiro atoms. The van der Waals surface area contributed by atoms with E-state index in [2.05, 4.69) is 15.5 Å². The van der Waals surface area contributed by atoms with Gasteiger partial charge in [-0.2, -0.15) is 0 Å². The lowest BCUT2D eigenvalue weighted by atomic mass is 10.1. The lowest BCUT2D eigenvalue weighted by Crippen LogP contribution is -2.23. The van der Waals surface area contributed by atoms with Gasteiger partial charge in [-0.05, 0) is 29.0 Å². The fraction of sp³-hybridized carbons (Fsp3) is 0.385. The topological polar surface area (TPSA) is 90.1 Å². The first-order valence-corrected chi connectivity index (χ1v) is 6.28. The van der Waals surface area contributed by atoms with Crippen LogP contribution in [0.5, 0.6) is 0 Å². The standard InChI is InChI=1S/C13H15FN4O3/c1-8-3-4-9(5-11(8)14)13-15-16-17-18(13)7-10(21-2)6-12(19)20/h3-5,10H,6-7H2,1-2H3,(H,19,20). The van der Waals surface area contributed by atoms with Crippen molar-refractivity contribution in [3.8, 4) is 11.4 Å². The number of rotatable bonds is 6. The average molecular weight is 294 g/mol. The second-order valence-corrected chi connectivity index (χ2v) is 4.60. The molecule has 0 radical (unpaired) electrons. The van der Waals surface area contributed by atoms with Gasteiger partial charge in [0.05, 0.1) is 19.1 Å². The SMILES string of the molecule is COC(CC(=O)O)Cn1nnnc1-c1ccc(C)c(F)c1. The Bertz CT molecular complexity index is 644. The van der Waals surface area contributed by atoms with E-state index in [1.165, 1.54) is 17.9 Å². The summed E-state index contributed by atoms with van der Waals surface area (Å²) in [5.74, 6) is -0.963. The Balaban J connectivity index is 2.25. The van der Waals surface area contributed by atoms with Gasteiger partial charge in [0, 0.05) is 12.7 Å². The smallest absolute Gasteiger partial charge is 0.306 e. The Morgan fingerprint density at radius 1 is 1.52 bits per heavy atom. The molecular weight excluding hydrogens is 279 g/mol. The van der Waals surface area contributed by atoms with E-state index in [9.17, 15) is 9.18 Å². The molecule has 0 saturated heterocycles. The maximum Gasteiger partial charge on any atom is 0.306 e. The predicted molar refractivity (Wildman–Crippen MR) is 71.0 cm³/mol. The van der Waals surface area contributed by atoms with E-state index in [1.807, 2.05) is 0 Å². The molecule has 1 aromatic carbocycles. The number of aryl methyl sites for hydroxylation is 1. The molecule has 0 aliphatic heterocycles. The van der Waals surface area contributed by atoms with E-state index in [4.69, 9.17) is 9.84 Å². The van der Waals surface area contributed by atoms with Gasteiger partial charge in [0.2, 0.25) is 0 Å². The lowest BCUT2D eigenvalue weighted by molar-refractivity contribution is -0.140. The summed E-state index contributed by atoms with van der Waals surface area (Å²) in [5, 5.41) is 20.0. The number of nitrogens with zero attached hydrogens (tertiary/aromatic N) is 4. The van der Waals surface area contributed by atoms with E-state index >= 15 is 0 Å². The van der Waals surface area contributed by atoms with E-state index in [-0.39, 0.29) is 18.8 Å². The van der Waals surface area contributed by atoms with Gasteiger partial charge in [-0.15, -0.1) is 5.10 Å². The van der Waals surface area contributed by atoms with Crippen LogP contribution < -0.4 is 0 Å². The number of aliphatic carboxylic acids is 1. The number of aromatic nitrogens is 4. The lowest BCUT2D eigenvalue weighted by Gasteiger charge is -2.13. The third-order valence-electron chi connectivity index (χ3n) is 3.07. The highest BCUT2D eigenvalue weighted by Crippen LogP contribution is 2.19. The van der Waals surface area contributed by atoms with Crippen molar-refractivity contribution < 1.29 is 19.0 Å². The molecule has 8 heteroatoms. The van der Waals surface area contributed by atoms with Gasteiger partial charge in [0.25, 0.3) is 0 Å². The summed E-state index contributed by atoms with van der Waals surface area (Å²) in [5.41, 5.74) is 1.05. The molecule has 0 fully saturated rings. The summed E-state index contributed by atoms with van der Waals surface area (Å²) < 4.78 is 20.1. The molecular formula is C13H15FN4O3. The molecule has 0 aliphatic rings. The highest BCUT2D eigenvalue weighted by Gasteiger charge is 2.17. The minimum Gasteiger partial charge on any atom is -0.481 e. The van der Waals surface area contributed by atoms with Gasteiger partial charge in [-0.1, -0.05) is 12.1 Å². The van der Waals surface area contributed by atoms with Crippen molar-refractivity contribution in [3.63, 3.8) is 0 Å². The summed E-state index contributed by atoms with van der Waals surface area (Å²) in [6.07, 6.45) is -0.738. The van der Waals surface area contributed by atoms with Gasteiger partial charge < -0.3 is 9.84 Å². The number of carbonyl (C=O) groups is 1. The molecule has 1 aromatic heterocycles.